The average Bonchev–Trinajstić information content (AvgIpc) is 2.46. The Bertz CT molecular complexity index is 471. The number of hydrazine groups is 1. The van der Waals surface area contributed by atoms with Crippen molar-refractivity contribution in [3.05, 3.63) is 33.9 Å². The highest BCUT2D eigenvalue weighted by Gasteiger charge is 2.19. The third kappa shape index (κ3) is 3.68. The minimum Gasteiger partial charge on any atom is -0.373 e. The van der Waals surface area contributed by atoms with E-state index in [1.807, 2.05) is 0 Å². The minimum atomic E-state index is -0.411. The molecule has 20 heavy (non-hydrogen) atoms. The lowest BCUT2D eigenvalue weighted by atomic mass is 9.89. The molecule has 1 aliphatic carbocycles. The number of nitro benzene ring substituents is 1. The Morgan fingerprint density at radius 2 is 2.10 bits per heavy atom. The summed E-state index contributed by atoms with van der Waals surface area (Å²) in [5.41, 5.74) is 4.00. The second-order valence-electron chi connectivity index (χ2n) is 5.44. The van der Waals surface area contributed by atoms with Crippen LogP contribution >= 0.6 is 0 Å². The van der Waals surface area contributed by atoms with Gasteiger partial charge >= 0.3 is 0 Å². The van der Waals surface area contributed by atoms with Crippen LogP contribution in [0.25, 0.3) is 0 Å². The highest BCUT2D eigenvalue weighted by Crippen LogP contribution is 2.28. The lowest BCUT2D eigenvalue weighted by molar-refractivity contribution is -0.384. The molecule has 1 fully saturated rings. The maximum atomic E-state index is 10.8. The highest BCUT2D eigenvalue weighted by atomic mass is 16.6. The number of rotatable bonds is 5. The van der Waals surface area contributed by atoms with Crippen LogP contribution in [-0.4, -0.2) is 11.0 Å². The molecule has 1 saturated carbocycles. The summed E-state index contributed by atoms with van der Waals surface area (Å²) in [6, 6.07) is 4.56. The normalized spacial score (nSPS) is 22.5. The summed E-state index contributed by atoms with van der Waals surface area (Å²) in [4.78, 5) is 10.4. The van der Waals surface area contributed by atoms with E-state index in [-0.39, 0.29) is 11.8 Å². The Hall–Kier alpha value is -1.66. The van der Waals surface area contributed by atoms with Gasteiger partial charge in [0.15, 0.2) is 0 Å². The summed E-state index contributed by atoms with van der Waals surface area (Å²) in [6.45, 7) is 2.60. The fourth-order valence-electron chi connectivity index (χ4n) is 2.56. The number of nitro groups is 1. The molecule has 0 aromatic heterocycles. The van der Waals surface area contributed by atoms with Crippen molar-refractivity contribution in [3.63, 3.8) is 0 Å². The molecule has 1 aromatic carbocycles. The summed E-state index contributed by atoms with van der Waals surface area (Å²) < 4.78 is 5.88. The first-order valence-corrected chi connectivity index (χ1v) is 6.95. The summed E-state index contributed by atoms with van der Waals surface area (Å²) in [5.74, 6) is 6.20. The van der Waals surface area contributed by atoms with E-state index in [0.29, 0.717) is 12.3 Å². The van der Waals surface area contributed by atoms with Crippen LogP contribution < -0.4 is 11.3 Å². The van der Waals surface area contributed by atoms with Crippen LogP contribution in [0.5, 0.6) is 0 Å². The first-order chi connectivity index (χ1) is 9.60. The number of ether oxygens (including phenoxy) is 1. The van der Waals surface area contributed by atoms with Crippen LogP contribution in [0, 0.1) is 16.0 Å². The quantitative estimate of drug-likeness (QED) is 0.491. The van der Waals surface area contributed by atoms with Crippen LogP contribution in [-0.2, 0) is 11.3 Å². The van der Waals surface area contributed by atoms with E-state index >= 15 is 0 Å². The molecular weight excluding hydrogens is 258 g/mol. The summed E-state index contributed by atoms with van der Waals surface area (Å²) >= 11 is 0. The smallest absolute Gasteiger partial charge is 0.269 e. The fraction of sp³-hybridized carbons (Fsp3) is 0.571. The molecule has 0 amide bonds. The van der Waals surface area contributed by atoms with Gasteiger partial charge in [-0.05, 0) is 37.7 Å². The number of hydrogen-bond donors (Lipinski definition) is 2. The lowest BCUT2D eigenvalue weighted by Crippen LogP contribution is -2.20. The maximum absolute atomic E-state index is 10.8. The SMILES string of the molecule is CC1CCC(OCc2cc([N+](=O)[O-])ccc2NN)CC1. The summed E-state index contributed by atoms with van der Waals surface area (Å²) in [5, 5.41) is 10.8. The van der Waals surface area contributed by atoms with Crippen molar-refractivity contribution >= 4 is 11.4 Å². The van der Waals surface area contributed by atoms with Crippen LogP contribution in [0.15, 0.2) is 18.2 Å². The number of nitrogens with zero attached hydrogens (tertiary/aromatic N) is 1. The van der Waals surface area contributed by atoms with Crippen molar-refractivity contribution in [3.8, 4) is 0 Å². The van der Waals surface area contributed by atoms with Gasteiger partial charge in [-0.3, -0.25) is 16.0 Å². The monoisotopic (exact) mass is 279 g/mol. The molecule has 110 valence electrons. The van der Waals surface area contributed by atoms with E-state index in [4.69, 9.17) is 10.6 Å². The van der Waals surface area contributed by atoms with Gasteiger partial charge in [0.25, 0.3) is 5.69 Å². The van der Waals surface area contributed by atoms with E-state index in [9.17, 15) is 10.1 Å². The van der Waals surface area contributed by atoms with Crippen molar-refractivity contribution in [1.29, 1.82) is 0 Å². The van der Waals surface area contributed by atoms with Crippen LogP contribution in [0.4, 0.5) is 11.4 Å². The molecule has 6 heteroatoms. The summed E-state index contributed by atoms with van der Waals surface area (Å²) in [6.07, 6.45) is 4.72. The van der Waals surface area contributed by atoms with Crippen LogP contribution in [0.3, 0.4) is 0 Å². The number of nitrogens with two attached hydrogens (primary N) is 1. The second kappa shape index (κ2) is 6.67. The standard InChI is InChI=1S/C14H21N3O3/c1-10-2-5-13(6-3-10)20-9-11-8-12(17(18)19)4-7-14(11)16-15/h4,7-8,10,13,16H,2-3,5-6,9,15H2,1H3. The predicted molar refractivity (Wildman–Crippen MR) is 77.1 cm³/mol. The molecule has 2 rings (SSSR count). The average molecular weight is 279 g/mol. The lowest BCUT2D eigenvalue weighted by Gasteiger charge is -2.26. The Labute approximate surface area is 118 Å². The maximum Gasteiger partial charge on any atom is 0.269 e. The molecule has 1 aliphatic rings. The third-order valence-electron chi connectivity index (χ3n) is 3.89. The molecule has 0 unspecified atom stereocenters. The van der Waals surface area contributed by atoms with Crippen LogP contribution in [0.1, 0.15) is 38.2 Å². The van der Waals surface area contributed by atoms with Crippen molar-refractivity contribution in [2.24, 2.45) is 11.8 Å². The molecule has 6 nitrogen and oxygen atoms in total. The molecule has 0 radical (unpaired) electrons. The molecule has 0 bridgehead atoms. The van der Waals surface area contributed by atoms with Gasteiger partial charge in [-0.25, -0.2) is 0 Å². The van der Waals surface area contributed by atoms with Gasteiger partial charge in [0.1, 0.15) is 0 Å². The molecule has 0 saturated heterocycles. The van der Waals surface area contributed by atoms with Gasteiger partial charge < -0.3 is 10.2 Å². The van der Waals surface area contributed by atoms with E-state index in [1.54, 1.807) is 6.07 Å². The van der Waals surface area contributed by atoms with E-state index in [1.165, 1.54) is 25.0 Å². The Morgan fingerprint density at radius 3 is 2.70 bits per heavy atom. The molecule has 0 atom stereocenters. The molecule has 0 heterocycles. The molecule has 0 spiro atoms. The Morgan fingerprint density at radius 1 is 1.40 bits per heavy atom. The van der Waals surface area contributed by atoms with Crippen molar-refractivity contribution in [2.45, 2.75) is 45.3 Å². The molecule has 3 N–H and O–H groups in total. The Kier molecular flexibility index (Phi) is 4.92. The van der Waals surface area contributed by atoms with E-state index in [0.717, 1.165) is 24.3 Å². The molecule has 1 aromatic rings. The fourth-order valence-corrected chi connectivity index (χ4v) is 2.56. The zero-order valence-electron chi connectivity index (χ0n) is 11.7. The van der Waals surface area contributed by atoms with Crippen LogP contribution in [0.2, 0.25) is 0 Å². The Balaban J connectivity index is 2.00. The van der Waals surface area contributed by atoms with E-state index in [2.05, 4.69) is 12.3 Å². The van der Waals surface area contributed by atoms with Crippen molar-refractivity contribution in [2.75, 3.05) is 5.43 Å². The third-order valence-corrected chi connectivity index (χ3v) is 3.89. The van der Waals surface area contributed by atoms with Crippen molar-refractivity contribution in [1.82, 2.24) is 0 Å². The minimum absolute atomic E-state index is 0.0554. The van der Waals surface area contributed by atoms with Gasteiger partial charge in [-0.2, -0.15) is 0 Å². The number of benzene rings is 1. The first-order valence-electron chi connectivity index (χ1n) is 6.95. The van der Waals surface area contributed by atoms with Gasteiger partial charge in [0.2, 0.25) is 0 Å². The zero-order chi connectivity index (χ0) is 14.5. The van der Waals surface area contributed by atoms with Gasteiger partial charge in [0.05, 0.1) is 23.3 Å². The van der Waals surface area contributed by atoms with Gasteiger partial charge in [-0.15, -0.1) is 0 Å². The number of hydrogen-bond acceptors (Lipinski definition) is 5. The second-order valence-corrected chi connectivity index (χ2v) is 5.44. The summed E-state index contributed by atoms with van der Waals surface area (Å²) in [7, 11) is 0. The predicted octanol–water partition coefficient (Wildman–Crippen LogP) is 2.98. The number of anilines is 1. The van der Waals surface area contributed by atoms with Gasteiger partial charge in [0, 0.05) is 17.7 Å². The van der Waals surface area contributed by atoms with E-state index < -0.39 is 4.92 Å². The topological polar surface area (TPSA) is 90.4 Å². The largest absolute Gasteiger partial charge is 0.373 e. The molecular formula is C14H21N3O3. The molecule has 0 aliphatic heterocycles. The highest BCUT2D eigenvalue weighted by molar-refractivity contribution is 5.55. The number of nitrogens with one attached hydrogen (secondary N) is 1. The zero-order valence-corrected chi connectivity index (χ0v) is 11.7. The van der Waals surface area contributed by atoms with Gasteiger partial charge in [-0.1, -0.05) is 6.92 Å². The van der Waals surface area contributed by atoms with Crippen molar-refractivity contribution < 1.29 is 9.66 Å². The first kappa shape index (κ1) is 14.7. The number of nitrogen functional groups attached to an aromatic ring is 1. The number of non-ortho nitro benzene ring substituents is 1.